The summed E-state index contributed by atoms with van der Waals surface area (Å²) < 4.78 is 10.6. The number of hydrogen-bond acceptors (Lipinski definition) is 5. The summed E-state index contributed by atoms with van der Waals surface area (Å²) in [5.41, 5.74) is 6.92. The lowest BCUT2D eigenvalue weighted by atomic mass is 10.0. The molecule has 1 saturated heterocycles. The highest BCUT2D eigenvalue weighted by Gasteiger charge is 2.27. The van der Waals surface area contributed by atoms with Gasteiger partial charge in [0.15, 0.2) is 0 Å². The smallest absolute Gasteiger partial charge is 0.407 e. The van der Waals surface area contributed by atoms with Gasteiger partial charge in [-0.2, -0.15) is 0 Å². The number of hydrogen-bond donors (Lipinski definition) is 2. The first-order valence-corrected chi connectivity index (χ1v) is 8.85. The third-order valence-corrected chi connectivity index (χ3v) is 4.13. The molecule has 0 spiro atoms. The highest BCUT2D eigenvalue weighted by atomic mass is 16.6. The van der Waals surface area contributed by atoms with Crippen LogP contribution in [0.1, 0.15) is 32.8 Å². The Hall–Kier alpha value is -1.79. The van der Waals surface area contributed by atoms with Crippen molar-refractivity contribution in [3.05, 3.63) is 29.8 Å². The molecule has 2 atom stereocenters. The molecule has 2 unspecified atom stereocenters. The Morgan fingerprint density at radius 1 is 1.36 bits per heavy atom. The molecule has 6 heteroatoms. The van der Waals surface area contributed by atoms with Crippen molar-refractivity contribution in [1.82, 2.24) is 10.2 Å². The number of nitrogens with one attached hydrogen (secondary N) is 1. The molecule has 1 amide bonds. The molecule has 1 aliphatic heterocycles. The minimum Gasteiger partial charge on any atom is -0.497 e. The number of piperidine rings is 1. The number of methoxy groups -OCH3 is 1. The molecule has 3 N–H and O–H groups in total. The first kappa shape index (κ1) is 19.5. The lowest BCUT2D eigenvalue weighted by molar-refractivity contribution is 0.0466. The van der Waals surface area contributed by atoms with Crippen LogP contribution in [0.15, 0.2) is 24.3 Å². The number of alkyl carbamates (subject to hydrolysis) is 1. The zero-order valence-corrected chi connectivity index (χ0v) is 15.7. The third-order valence-electron chi connectivity index (χ3n) is 4.13. The van der Waals surface area contributed by atoms with Crippen LogP contribution in [0.2, 0.25) is 0 Å². The Kier molecular flexibility index (Phi) is 6.67. The number of likely N-dealkylation sites (tertiary alicyclic amines) is 1. The summed E-state index contributed by atoms with van der Waals surface area (Å²) in [5, 5.41) is 2.95. The maximum absolute atomic E-state index is 12.0. The van der Waals surface area contributed by atoms with Gasteiger partial charge in [0.1, 0.15) is 11.4 Å². The van der Waals surface area contributed by atoms with Gasteiger partial charge in [-0.05, 0) is 51.3 Å². The summed E-state index contributed by atoms with van der Waals surface area (Å²) in [7, 11) is 1.68. The maximum atomic E-state index is 12.0. The molecule has 1 fully saturated rings. The Morgan fingerprint density at radius 3 is 2.80 bits per heavy atom. The predicted molar refractivity (Wildman–Crippen MR) is 98.9 cm³/mol. The van der Waals surface area contributed by atoms with Gasteiger partial charge in [0, 0.05) is 31.7 Å². The number of benzene rings is 1. The molecule has 1 aromatic rings. The van der Waals surface area contributed by atoms with Crippen molar-refractivity contribution in [2.45, 2.75) is 51.3 Å². The second-order valence-electron chi connectivity index (χ2n) is 7.70. The van der Waals surface area contributed by atoms with Gasteiger partial charge in [-0.1, -0.05) is 12.1 Å². The molecule has 0 aliphatic carbocycles. The van der Waals surface area contributed by atoms with Crippen LogP contribution in [0.5, 0.6) is 5.75 Å². The SMILES string of the molecule is COc1cccc(CCN2CC(N)CC(NC(=O)OC(C)(C)C)C2)c1. The average Bonchev–Trinajstić information content (AvgIpc) is 2.50. The quantitative estimate of drug-likeness (QED) is 0.852. The minimum atomic E-state index is -0.493. The van der Waals surface area contributed by atoms with Crippen LogP contribution in [-0.2, 0) is 11.2 Å². The van der Waals surface area contributed by atoms with Crippen LogP contribution < -0.4 is 15.8 Å². The van der Waals surface area contributed by atoms with Gasteiger partial charge in [-0.3, -0.25) is 4.90 Å². The molecule has 0 radical (unpaired) electrons. The Morgan fingerprint density at radius 2 is 2.12 bits per heavy atom. The average molecular weight is 349 g/mol. The van der Waals surface area contributed by atoms with E-state index >= 15 is 0 Å². The summed E-state index contributed by atoms with van der Waals surface area (Å²) in [6, 6.07) is 8.18. The fourth-order valence-electron chi connectivity index (χ4n) is 3.11. The summed E-state index contributed by atoms with van der Waals surface area (Å²) in [6.07, 6.45) is 1.32. The van der Waals surface area contributed by atoms with Gasteiger partial charge < -0.3 is 20.5 Å². The molecule has 1 heterocycles. The van der Waals surface area contributed by atoms with Gasteiger partial charge in [0.05, 0.1) is 7.11 Å². The first-order valence-electron chi connectivity index (χ1n) is 8.85. The van der Waals surface area contributed by atoms with E-state index in [1.807, 2.05) is 32.9 Å². The van der Waals surface area contributed by atoms with Crippen molar-refractivity contribution >= 4 is 6.09 Å². The number of carbonyl (C=O) groups is 1. The maximum Gasteiger partial charge on any atom is 0.407 e. The number of amides is 1. The lowest BCUT2D eigenvalue weighted by Crippen LogP contribution is -2.55. The molecule has 6 nitrogen and oxygen atoms in total. The topological polar surface area (TPSA) is 76.8 Å². The number of nitrogens with two attached hydrogens (primary N) is 1. The Bertz CT molecular complexity index is 571. The van der Waals surface area contributed by atoms with Crippen molar-refractivity contribution in [3.8, 4) is 5.75 Å². The van der Waals surface area contributed by atoms with Crippen LogP contribution in [0.3, 0.4) is 0 Å². The standard InChI is InChI=1S/C19H31N3O3/c1-19(2,3)25-18(23)21-16-11-15(20)12-22(13-16)9-8-14-6-5-7-17(10-14)24-4/h5-7,10,15-16H,8-9,11-13,20H2,1-4H3,(H,21,23). The number of carbonyl (C=O) groups excluding carboxylic acids is 1. The van der Waals surface area contributed by atoms with E-state index in [-0.39, 0.29) is 18.2 Å². The molecule has 25 heavy (non-hydrogen) atoms. The molecular weight excluding hydrogens is 318 g/mol. The van der Waals surface area contributed by atoms with Gasteiger partial charge in [-0.15, -0.1) is 0 Å². The van der Waals surface area contributed by atoms with Gasteiger partial charge >= 0.3 is 6.09 Å². The highest BCUT2D eigenvalue weighted by Crippen LogP contribution is 2.15. The van der Waals surface area contributed by atoms with E-state index in [0.717, 1.165) is 38.2 Å². The van der Waals surface area contributed by atoms with Gasteiger partial charge in [0.2, 0.25) is 0 Å². The zero-order valence-electron chi connectivity index (χ0n) is 15.7. The minimum absolute atomic E-state index is 0.0175. The highest BCUT2D eigenvalue weighted by molar-refractivity contribution is 5.68. The van der Waals surface area contributed by atoms with Gasteiger partial charge in [0.25, 0.3) is 0 Å². The third kappa shape index (κ3) is 6.92. The number of nitrogens with zero attached hydrogens (tertiary/aromatic N) is 1. The van der Waals surface area contributed by atoms with E-state index in [9.17, 15) is 4.79 Å². The van der Waals surface area contributed by atoms with Crippen molar-refractivity contribution in [2.24, 2.45) is 5.73 Å². The normalized spacial score (nSPS) is 21.6. The second kappa shape index (κ2) is 8.54. The fourth-order valence-corrected chi connectivity index (χ4v) is 3.11. The van der Waals surface area contributed by atoms with E-state index < -0.39 is 5.60 Å². The van der Waals surface area contributed by atoms with E-state index in [2.05, 4.69) is 22.3 Å². The first-order chi connectivity index (χ1) is 11.7. The van der Waals surface area contributed by atoms with Crippen molar-refractivity contribution < 1.29 is 14.3 Å². The molecular formula is C19H31N3O3. The molecule has 0 aromatic heterocycles. The summed E-state index contributed by atoms with van der Waals surface area (Å²) in [5.74, 6) is 0.873. The molecule has 1 aromatic carbocycles. The second-order valence-corrected chi connectivity index (χ2v) is 7.70. The van der Waals surface area contributed by atoms with Crippen LogP contribution in [0.25, 0.3) is 0 Å². The Labute approximate surface area is 150 Å². The number of ether oxygens (including phenoxy) is 2. The van der Waals surface area contributed by atoms with E-state index in [1.54, 1.807) is 7.11 Å². The molecule has 0 saturated carbocycles. The van der Waals surface area contributed by atoms with Crippen LogP contribution in [0.4, 0.5) is 4.79 Å². The largest absolute Gasteiger partial charge is 0.497 e. The summed E-state index contributed by atoms with van der Waals surface area (Å²) in [6.45, 7) is 8.11. The fraction of sp³-hybridized carbons (Fsp3) is 0.632. The molecule has 1 aliphatic rings. The van der Waals surface area contributed by atoms with E-state index in [4.69, 9.17) is 15.2 Å². The summed E-state index contributed by atoms with van der Waals surface area (Å²) >= 11 is 0. The molecule has 140 valence electrons. The number of rotatable bonds is 5. The monoisotopic (exact) mass is 349 g/mol. The van der Waals surface area contributed by atoms with E-state index in [0.29, 0.717) is 0 Å². The van der Waals surface area contributed by atoms with Crippen molar-refractivity contribution in [2.75, 3.05) is 26.7 Å². The van der Waals surface area contributed by atoms with Gasteiger partial charge in [-0.25, -0.2) is 4.79 Å². The van der Waals surface area contributed by atoms with Crippen LogP contribution >= 0.6 is 0 Å². The Balaban J connectivity index is 1.85. The van der Waals surface area contributed by atoms with Crippen LogP contribution in [0, 0.1) is 0 Å². The lowest BCUT2D eigenvalue weighted by Gasteiger charge is -2.36. The van der Waals surface area contributed by atoms with E-state index in [1.165, 1.54) is 5.56 Å². The molecule has 0 bridgehead atoms. The van der Waals surface area contributed by atoms with Crippen molar-refractivity contribution in [3.63, 3.8) is 0 Å². The van der Waals surface area contributed by atoms with Crippen molar-refractivity contribution in [1.29, 1.82) is 0 Å². The predicted octanol–water partition coefficient (Wildman–Crippen LogP) is 2.16. The molecule has 2 rings (SSSR count). The zero-order chi connectivity index (χ0) is 18.4. The summed E-state index contributed by atoms with van der Waals surface area (Å²) in [4.78, 5) is 14.3. The van der Waals surface area contributed by atoms with Crippen LogP contribution in [-0.4, -0.2) is 55.4 Å².